The van der Waals surface area contributed by atoms with Crippen molar-refractivity contribution in [3.63, 3.8) is 0 Å². The molecule has 0 amide bonds. The summed E-state index contributed by atoms with van der Waals surface area (Å²) < 4.78 is 28.4. The molecule has 3 N–H and O–H groups in total. The summed E-state index contributed by atoms with van der Waals surface area (Å²) >= 11 is 0. The van der Waals surface area contributed by atoms with Gasteiger partial charge in [0, 0.05) is 25.7 Å². The standard InChI is InChI=1S/C10H21N3O2S/c11-8-10(9-4-5-9)12-16(14,15)13-6-2-1-3-7-13/h9-10,12H,1-8,11H2. The van der Waals surface area contributed by atoms with Gasteiger partial charge < -0.3 is 5.73 Å². The van der Waals surface area contributed by atoms with Crippen LogP contribution in [-0.2, 0) is 10.2 Å². The van der Waals surface area contributed by atoms with E-state index in [1.165, 1.54) is 0 Å². The second-order valence-electron chi connectivity index (χ2n) is 4.76. The number of rotatable bonds is 5. The van der Waals surface area contributed by atoms with Crippen molar-refractivity contribution >= 4 is 10.2 Å². The average Bonchev–Trinajstić information content (AvgIpc) is 3.11. The monoisotopic (exact) mass is 247 g/mol. The van der Waals surface area contributed by atoms with E-state index < -0.39 is 10.2 Å². The minimum atomic E-state index is -3.30. The molecule has 1 saturated carbocycles. The maximum atomic E-state index is 12.0. The molecule has 0 radical (unpaired) electrons. The Balaban J connectivity index is 1.94. The van der Waals surface area contributed by atoms with Gasteiger partial charge in [0.2, 0.25) is 0 Å². The van der Waals surface area contributed by atoms with Crippen LogP contribution in [0.3, 0.4) is 0 Å². The predicted molar refractivity (Wildman–Crippen MR) is 63.0 cm³/mol. The molecule has 0 aromatic heterocycles. The fourth-order valence-electron chi connectivity index (χ4n) is 2.21. The van der Waals surface area contributed by atoms with E-state index in [1.807, 2.05) is 0 Å². The fourth-order valence-corrected chi connectivity index (χ4v) is 3.77. The molecule has 6 heteroatoms. The summed E-state index contributed by atoms with van der Waals surface area (Å²) in [5, 5.41) is 0. The van der Waals surface area contributed by atoms with Gasteiger partial charge in [-0.1, -0.05) is 6.42 Å². The summed E-state index contributed by atoms with van der Waals surface area (Å²) in [5.41, 5.74) is 5.60. The first kappa shape index (κ1) is 12.3. The second-order valence-corrected chi connectivity index (χ2v) is 6.46. The molecular weight excluding hydrogens is 226 g/mol. The van der Waals surface area contributed by atoms with Gasteiger partial charge in [-0.2, -0.15) is 17.4 Å². The summed E-state index contributed by atoms with van der Waals surface area (Å²) in [4.78, 5) is 0. The summed E-state index contributed by atoms with van der Waals surface area (Å²) in [6.45, 7) is 1.70. The van der Waals surface area contributed by atoms with Crippen molar-refractivity contribution in [1.82, 2.24) is 9.03 Å². The minimum absolute atomic E-state index is 0.0630. The third-order valence-corrected chi connectivity index (χ3v) is 5.05. The van der Waals surface area contributed by atoms with Crippen LogP contribution in [0, 0.1) is 5.92 Å². The maximum Gasteiger partial charge on any atom is 0.279 e. The zero-order valence-electron chi connectivity index (χ0n) is 9.56. The Labute approximate surface area is 97.6 Å². The van der Waals surface area contributed by atoms with Crippen LogP contribution in [0.15, 0.2) is 0 Å². The van der Waals surface area contributed by atoms with Crippen LogP contribution >= 0.6 is 0 Å². The van der Waals surface area contributed by atoms with Crippen LogP contribution in [0.25, 0.3) is 0 Å². The highest BCUT2D eigenvalue weighted by atomic mass is 32.2. The van der Waals surface area contributed by atoms with E-state index in [-0.39, 0.29) is 6.04 Å². The van der Waals surface area contributed by atoms with E-state index >= 15 is 0 Å². The van der Waals surface area contributed by atoms with Crippen molar-refractivity contribution in [1.29, 1.82) is 0 Å². The largest absolute Gasteiger partial charge is 0.329 e. The highest BCUT2D eigenvalue weighted by molar-refractivity contribution is 7.87. The molecule has 16 heavy (non-hydrogen) atoms. The molecule has 1 heterocycles. The van der Waals surface area contributed by atoms with Gasteiger partial charge in [-0.3, -0.25) is 0 Å². The predicted octanol–water partition coefficient (Wildman–Crippen LogP) is 0.0440. The van der Waals surface area contributed by atoms with E-state index in [1.54, 1.807) is 4.31 Å². The van der Waals surface area contributed by atoms with Crippen LogP contribution in [-0.4, -0.2) is 38.4 Å². The van der Waals surface area contributed by atoms with Crippen LogP contribution < -0.4 is 10.5 Å². The molecule has 5 nitrogen and oxygen atoms in total. The second kappa shape index (κ2) is 5.00. The van der Waals surface area contributed by atoms with Crippen molar-refractivity contribution < 1.29 is 8.42 Å². The molecule has 2 fully saturated rings. The molecule has 2 rings (SSSR count). The normalized spacial score (nSPS) is 25.6. The molecule has 0 spiro atoms. The molecule has 1 atom stereocenters. The zero-order chi connectivity index (χ0) is 11.6. The van der Waals surface area contributed by atoms with E-state index in [9.17, 15) is 8.42 Å². The van der Waals surface area contributed by atoms with Crippen molar-refractivity contribution in [3.05, 3.63) is 0 Å². The number of nitrogens with zero attached hydrogens (tertiary/aromatic N) is 1. The van der Waals surface area contributed by atoms with Gasteiger partial charge in [-0.15, -0.1) is 0 Å². The van der Waals surface area contributed by atoms with E-state index in [4.69, 9.17) is 5.73 Å². The molecule has 0 bridgehead atoms. The van der Waals surface area contributed by atoms with Crippen molar-refractivity contribution in [2.45, 2.75) is 38.1 Å². The first-order chi connectivity index (χ1) is 7.63. The Morgan fingerprint density at radius 2 is 1.88 bits per heavy atom. The van der Waals surface area contributed by atoms with Gasteiger partial charge in [-0.25, -0.2) is 0 Å². The molecule has 1 aliphatic carbocycles. The summed E-state index contributed by atoms with van der Waals surface area (Å²) in [7, 11) is -3.30. The highest BCUT2D eigenvalue weighted by Gasteiger charge is 2.35. The van der Waals surface area contributed by atoms with Gasteiger partial charge >= 0.3 is 0 Å². The van der Waals surface area contributed by atoms with Gasteiger partial charge in [0.05, 0.1) is 0 Å². The van der Waals surface area contributed by atoms with E-state index in [2.05, 4.69) is 4.72 Å². The molecule has 0 aromatic rings. The first-order valence-corrected chi connectivity index (χ1v) is 7.55. The molecule has 1 saturated heterocycles. The topological polar surface area (TPSA) is 75.4 Å². The van der Waals surface area contributed by atoms with Crippen LogP contribution in [0.4, 0.5) is 0 Å². The van der Waals surface area contributed by atoms with Crippen LogP contribution in [0.5, 0.6) is 0 Å². The Bertz CT molecular complexity index is 321. The molecular formula is C10H21N3O2S. The smallest absolute Gasteiger partial charge is 0.279 e. The number of nitrogens with one attached hydrogen (secondary N) is 1. The summed E-state index contributed by atoms with van der Waals surface area (Å²) in [6, 6.07) is -0.0630. The molecule has 94 valence electrons. The van der Waals surface area contributed by atoms with Crippen molar-refractivity contribution in [2.75, 3.05) is 19.6 Å². The van der Waals surface area contributed by atoms with Crippen LogP contribution in [0.1, 0.15) is 32.1 Å². The lowest BCUT2D eigenvalue weighted by atomic mass is 10.2. The Morgan fingerprint density at radius 1 is 1.25 bits per heavy atom. The maximum absolute atomic E-state index is 12.0. The van der Waals surface area contributed by atoms with Gasteiger partial charge in [0.1, 0.15) is 0 Å². The van der Waals surface area contributed by atoms with E-state index in [0.29, 0.717) is 25.6 Å². The Morgan fingerprint density at radius 3 is 2.38 bits per heavy atom. The van der Waals surface area contributed by atoms with E-state index in [0.717, 1.165) is 32.1 Å². The van der Waals surface area contributed by atoms with Crippen molar-refractivity contribution in [3.8, 4) is 0 Å². The Hall–Kier alpha value is -0.170. The van der Waals surface area contributed by atoms with Crippen molar-refractivity contribution in [2.24, 2.45) is 11.7 Å². The summed E-state index contributed by atoms with van der Waals surface area (Å²) in [5.74, 6) is 0.463. The number of hydrogen-bond acceptors (Lipinski definition) is 3. The quantitative estimate of drug-likeness (QED) is 0.720. The van der Waals surface area contributed by atoms with Gasteiger partial charge in [-0.05, 0) is 31.6 Å². The molecule has 1 aliphatic heterocycles. The lowest BCUT2D eigenvalue weighted by molar-refractivity contribution is 0.336. The number of nitrogens with two attached hydrogens (primary N) is 1. The summed E-state index contributed by atoms with van der Waals surface area (Å²) in [6.07, 6.45) is 5.28. The van der Waals surface area contributed by atoms with Gasteiger partial charge in [0.25, 0.3) is 10.2 Å². The number of piperidine rings is 1. The minimum Gasteiger partial charge on any atom is -0.329 e. The lowest BCUT2D eigenvalue weighted by Crippen LogP contribution is -2.50. The Kier molecular flexibility index (Phi) is 3.84. The molecule has 1 unspecified atom stereocenters. The highest BCUT2D eigenvalue weighted by Crippen LogP contribution is 2.32. The lowest BCUT2D eigenvalue weighted by Gasteiger charge is -2.28. The SMILES string of the molecule is NCC(NS(=O)(=O)N1CCCCC1)C1CC1. The fraction of sp³-hybridized carbons (Fsp3) is 1.00. The zero-order valence-corrected chi connectivity index (χ0v) is 10.4. The first-order valence-electron chi connectivity index (χ1n) is 6.11. The van der Waals surface area contributed by atoms with Crippen LogP contribution in [0.2, 0.25) is 0 Å². The molecule has 2 aliphatic rings. The average molecular weight is 247 g/mol. The van der Waals surface area contributed by atoms with Gasteiger partial charge in [0.15, 0.2) is 0 Å². The third kappa shape index (κ3) is 2.94. The third-order valence-electron chi connectivity index (χ3n) is 3.40. The molecule has 0 aromatic carbocycles. The number of hydrogen-bond donors (Lipinski definition) is 2.